The van der Waals surface area contributed by atoms with Gasteiger partial charge in [0.2, 0.25) is 0 Å². The zero-order valence-corrected chi connectivity index (χ0v) is 10.0. The molecule has 0 atom stereocenters. The first-order chi connectivity index (χ1) is 8.38. The van der Waals surface area contributed by atoms with E-state index >= 15 is 0 Å². The Morgan fingerprint density at radius 2 is 1.94 bits per heavy atom. The fourth-order valence-corrected chi connectivity index (χ4v) is 2.59. The van der Waals surface area contributed by atoms with E-state index in [9.17, 15) is 0 Å². The van der Waals surface area contributed by atoms with Crippen molar-refractivity contribution >= 4 is 27.5 Å². The Balaban J connectivity index is 2.20. The molecule has 3 rings (SSSR count). The number of nitrogens with zero attached hydrogens (tertiary/aromatic N) is 3. The van der Waals surface area contributed by atoms with Gasteiger partial charge in [0.25, 0.3) is 0 Å². The number of para-hydroxylation sites is 1. The molecule has 0 bridgehead atoms. The van der Waals surface area contributed by atoms with Crippen LogP contribution in [0.25, 0.3) is 21.0 Å². The molecule has 0 aliphatic carbocycles. The van der Waals surface area contributed by atoms with Crippen molar-refractivity contribution in [2.75, 3.05) is 12.4 Å². The van der Waals surface area contributed by atoms with Crippen molar-refractivity contribution in [1.29, 1.82) is 0 Å². The molecular weight excluding hydrogens is 232 g/mol. The lowest BCUT2D eigenvalue weighted by Gasteiger charge is -2.04. The van der Waals surface area contributed by atoms with Crippen molar-refractivity contribution in [3.63, 3.8) is 0 Å². The number of benzene rings is 1. The molecule has 0 unspecified atom stereocenters. The van der Waals surface area contributed by atoms with Gasteiger partial charge in [-0.3, -0.25) is 0 Å². The summed E-state index contributed by atoms with van der Waals surface area (Å²) in [6, 6.07) is 8.08. The van der Waals surface area contributed by atoms with E-state index in [0.717, 1.165) is 21.1 Å². The largest absolute Gasteiger partial charge is 0.388 e. The summed E-state index contributed by atoms with van der Waals surface area (Å²) in [5.41, 5.74) is 2.85. The lowest BCUT2D eigenvalue weighted by molar-refractivity contribution is 1.26. The lowest BCUT2D eigenvalue weighted by atomic mass is 10.2. The Kier molecular flexibility index (Phi) is 2.45. The molecule has 0 saturated carbocycles. The van der Waals surface area contributed by atoms with Crippen molar-refractivity contribution < 1.29 is 0 Å². The van der Waals surface area contributed by atoms with Crippen molar-refractivity contribution in [2.24, 2.45) is 0 Å². The third-order valence-electron chi connectivity index (χ3n) is 2.47. The molecule has 2 aromatic heterocycles. The first kappa shape index (κ1) is 10.2. The first-order valence-corrected chi connectivity index (χ1v) is 6.05. The van der Waals surface area contributed by atoms with Crippen LogP contribution in [0.5, 0.6) is 0 Å². The number of aromatic nitrogens is 3. The average Bonchev–Trinajstić information content (AvgIpc) is 2.82. The summed E-state index contributed by atoms with van der Waals surface area (Å²) in [5, 5.41) is 4.11. The van der Waals surface area contributed by atoms with Gasteiger partial charge in [-0.2, -0.15) is 0 Å². The summed E-state index contributed by atoms with van der Waals surface area (Å²) in [7, 11) is 1.91. The van der Waals surface area contributed by atoms with Gasteiger partial charge in [0.05, 0.1) is 0 Å². The predicted molar refractivity (Wildman–Crippen MR) is 70.2 cm³/mol. The maximum Gasteiger partial charge on any atom is 0.190 e. The normalized spacial score (nSPS) is 10.6. The minimum Gasteiger partial charge on any atom is -0.388 e. The highest BCUT2D eigenvalue weighted by Gasteiger charge is 2.10. The zero-order chi connectivity index (χ0) is 11.7. The van der Waals surface area contributed by atoms with Crippen LogP contribution in [0.4, 0.5) is 5.69 Å². The molecule has 0 radical (unpaired) electrons. The molecule has 0 saturated heterocycles. The van der Waals surface area contributed by atoms with E-state index in [1.807, 2.05) is 31.3 Å². The molecule has 17 heavy (non-hydrogen) atoms. The van der Waals surface area contributed by atoms with Gasteiger partial charge in [-0.1, -0.05) is 23.5 Å². The molecule has 0 fully saturated rings. The second-order valence-electron chi connectivity index (χ2n) is 3.50. The highest BCUT2D eigenvalue weighted by molar-refractivity contribution is 7.21. The molecule has 0 amide bonds. The maximum absolute atomic E-state index is 4.50. The molecule has 0 aliphatic rings. The molecule has 0 aliphatic heterocycles. The minimum absolute atomic E-state index is 0.707. The molecule has 4 nitrogen and oxygen atoms in total. The van der Waals surface area contributed by atoms with Crippen LogP contribution in [0.2, 0.25) is 0 Å². The Morgan fingerprint density at radius 3 is 2.76 bits per heavy atom. The van der Waals surface area contributed by atoms with E-state index in [1.54, 1.807) is 23.7 Å². The van der Waals surface area contributed by atoms with Gasteiger partial charge < -0.3 is 5.32 Å². The van der Waals surface area contributed by atoms with Crippen molar-refractivity contribution in [3.8, 4) is 10.6 Å². The second kappa shape index (κ2) is 4.10. The average molecular weight is 242 g/mol. The van der Waals surface area contributed by atoms with Crippen LogP contribution in [0.3, 0.4) is 0 Å². The predicted octanol–water partition coefficient (Wildman–Crippen LogP) is 2.80. The quantitative estimate of drug-likeness (QED) is 0.750. The standard InChI is InChI=1S/C12H10N4S/c1-13-9-5-3-2-4-8(9)11-16-10-12(17-11)15-7-6-14-10/h2-7,13H,1H3. The van der Waals surface area contributed by atoms with Crippen molar-refractivity contribution in [2.45, 2.75) is 0 Å². The summed E-state index contributed by atoms with van der Waals surface area (Å²) in [5.74, 6) is 0. The van der Waals surface area contributed by atoms with Crippen LogP contribution in [0.1, 0.15) is 0 Å². The summed E-state index contributed by atoms with van der Waals surface area (Å²) >= 11 is 1.56. The molecular formula is C12H10N4S. The third kappa shape index (κ3) is 1.74. The fraction of sp³-hybridized carbons (Fsp3) is 0.0833. The first-order valence-electron chi connectivity index (χ1n) is 5.23. The van der Waals surface area contributed by atoms with Gasteiger partial charge in [-0.15, -0.1) is 0 Å². The van der Waals surface area contributed by atoms with E-state index in [2.05, 4.69) is 20.3 Å². The smallest absolute Gasteiger partial charge is 0.190 e. The molecule has 5 heteroatoms. The molecule has 0 spiro atoms. The number of anilines is 1. The summed E-state index contributed by atoms with van der Waals surface area (Å²) in [4.78, 5) is 13.8. The molecule has 1 N–H and O–H groups in total. The van der Waals surface area contributed by atoms with Gasteiger partial charge in [-0.05, 0) is 12.1 Å². The van der Waals surface area contributed by atoms with Crippen LogP contribution < -0.4 is 5.32 Å². The highest BCUT2D eigenvalue weighted by atomic mass is 32.1. The molecule has 3 aromatic rings. The van der Waals surface area contributed by atoms with Crippen LogP contribution in [0.15, 0.2) is 36.7 Å². The van der Waals surface area contributed by atoms with Gasteiger partial charge in [-0.25, -0.2) is 15.0 Å². The Labute approximate surface area is 102 Å². The van der Waals surface area contributed by atoms with Gasteiger partial charge >= 0.3 is 0 Å². The second-order valence-corrected chi connectivity index (χ2v) is 4.48. The fourth-order valence-electron chi connectivity index (χ4n) is 1.68. The van der Waals surface area contributed by atoms with Crippen molar-refractivity contribution in [3.05, 3.63) is 36.7 Å². The van der Waals surface area contributed by atoms with E-state index in [0.29, 0.717) is 5.65 Å². The number of fused-ring (bicyclic) bond motifs is 1. The van der Waals surface area contributed by atoms with Crippen LogP contribution >= 0.6 is 11.3 Å². The van der Waals surface area contributed by atoms with Crippen LogP contribution in [-0.4, -0.2) is 22.0 Å². The summed E-state index contributed by atoms with van der Waals surface area (Å²) < 4.78 is 0. The number of rotatable bonds is 2. The molecule has 2 heterocycles. The number of thiazole rings is 1. The number of hydrogen-bond donors (Lipinski definition) is 1. The monoisotopic (exact) mass is 242 g/mol. The van der Waals surface area contributed by atoms with Crippen LogP contribution in [-0.2, 0) is 0 Å². The Hall–Kier alpha value is -2.01. The van der Waals surface area contributed by atoms with Gasteiger partial charge in [0.15, 0.2) is 10.5 Å². The van der Waals surface area contributed by atoms with Gasteiger partial charge in [0, 0.05) is 30.7 Å². The Morgan fingerprint density at radius 1 is 1.12 bits per heavy atom. The van der Waals surface area contributed by atoms with E-state index in [1.165, 1.54) is 0 Å². The molecule has 1 aromatic carbocycles. The third-order valence-corrected chi connectivity index (χ3v) is 3.46. The molecule has 84 valence electrons. The lowest BCUT2D eigenvalue weighted by Crippen LogP contribution is -1.90. The summed E-state index contributed by atoms with van der Waals surface area (Å²) in [6.45, 7) is 0. The van der Waals surface area contributed by atoms with E-state index in [4.69, 9.17) is 0 Å². The summed E-state index contributed by atoms with van der Waals surface area (Å²) in [6.07, 6.45) is 3.35. The number of nitrogens with one attached hydrogen (secondary N) is 1. The number of hydrogen-bond acceptors (Lipinski definition) is 5. The SMILES string of the molecule is CNc1ccccc1-c1nc2nccnc2s1. The van der Waals surface area contributed by atoms with E-state index in [-0.39, 0.29) is 0 Å². The van der Waals surface area contributed by atoms with Crippen molar-refractivity contribution in [1.82, 2.24) is 15.0 Å². The minimum atomic E-state index is 0.707. The maximum atomic E-state index is 4.50. The highest BCUT2D eigenvalue weighted by Crippen LogP contribution is 2.32. The van der Waals surface area contributed by atoms with E-state index < -0.39 is 0 Å². The zero-order valence-electron chi connectivity index (χ0n) is 9.21. The van der Waals surface area contributed by atoms with Crippen LogP contribution in [0, 0.1) is 0 Å². The van der Waals surface area contributed by atoms with Gasteiger partial charge in [0.1, 0.15) is 5.01 Å². The topological polar surface area (TPSA) is 50.7 Å². The Bertz CT molecular complexity index is 629.